The standard InChI is InChI=1S/C13H16ClN5OS2/c1-8(2)6-16-12-18-19-13(22-12)21-7-10(20)17-9-4-3-5-15-11(9)14/h3-5,8H,6-7H2,1-2H3,(H,16,18)(H,17,20). The summed E-state index contributed by atoms with van der Waals surface area (Å²) >= 11 is 8.66. The Balaban J connectivity index is 1.80. The van der Waals surface area contributed by atoms with Gasteiger partial charge in [0.15, 0.2) is 9.49 Å². The molecule has 0 aliphatic rings. The summed E-state index contributed by atoms with van der Waals surface area (Å²) in [6.45, 7) is 5.09. The number of nitrogens with one attached hydrogen (secondary N) is 2. The van der Waals surface area contributed by atoms with Gasteiger partial charge in [-0.15, -0.1) is 10.2 Å². The molecule has 1 amide bonds. The molecule has 9 heteroatoms. The zero-order valence-corrected chi connectivity index (χ0v) is 14.6. The summed E-state index contributed by atoms with van der Waals surface area (Å²) in [6, 6.07) is 3.42. The number of rotatable bonds is 7. The number of halogens is 1. The highest BCUT2D eigenvalue weighted by atomic mass is 35.5. The van der Waals surface area contributed by atoms with Crippen molar-refractivity contribution in [3.8, 4) is 0 Å². The summed E-state index contributed by atoms with van der Waals surface area (Å²) in [7, 11) is 0. The molecular formula is C13H16ClN5OS2. The number of carbonyl (C=O) groups is 1. The predicted octanol–water partition coefficient (Wildman–Crippen LogP) is 3.39. The Morgan fingerprint density at radius 1 is 1.45 bits per heavy atom. The lowest BCUT2D eigenvalue weighted by molar-refractivity contribution is -0.113. The van der Waals surface area contributed by atoms with E-state index in [0.717, 1.165) is 16.0 Å². The maximum Gasteiger partial charge on any atom is 0.234 e. The van der Waals surface area contributed by atoms with Crippen LogP contribution in [0, 0.1) is 5.92 Å². The van der Waals surface area contributed by atoms with E-state index in [1.165, 1.54) is 23.1 Å². The average molecular weight is 358 g/mol. The molecule has 0 spiro atoms. The van der Waals surface area contributed by atoms with E-state index in [9.17, 15) is 4.79 Å². The van der Waals surface area contributed by atoms with Crippen molar-refractivity contribution in [2.45, 2.75) is 18.2 Å². The molecule has 2 aromatic rings. The molecule has 0 bridgehead atoms. The van der Waals surface area contributed by atoms with Crippen molar-refractivity contribution >= 4 is 51.4 Å². The van der Waals surface area contributed by atoms with Gasteiger partial charge in [0.1, 0.15) is 0 Å². The third-order valence-electron chi connectivity index (χ3n) is 2.43. The van der Waals surface area contributed by atoms with Gasteiger partial charge in [-0.05, 0) is 18.1 Å². The monoisotopic (exact) mass is 357 g/mol. The number of hydrogen-bond donors (Lipinski definition) is 2. The van der Waals surface area contributed by atoms with Crippen LogP contribution < -0.4 is 10.6 Å². The summed E-state index contributed by atoms with van der Waals surface area (Å²) in [5.41, 5.74) is 0.506. The number of aromatic nitrogens is 3. The van der Waals surface area contributed by atoms with Crippen LogP contribution in [0.1, 0.15) is 13.8 Å². The third kappa shape index (κ3) is 5.43. The molecule has 6 nitrogen and oxygen atoms in total. The van der Waals surface area contributed by atoms with Gasteiger partial charge in [0.05, 0.1) is 11.4 Å². The molecule has 2 N–H and O–H groups in total. The van der Waals surface area contributed by atoms with Crippen LogP contribution >= 0.6 is 34.7 Å². The van der Waals surface area contributed by atoms with Crippen LogP contribution in [0.2, 0.25) is 5.15 Å². The van der Waals surface area contributed by atoms with Crippen LogP contribution in [-0.2, 0) is 4.79 Å². The van der Waals surface area contributed by atoms with E-state index in [1.807, 2.05) is 0 Å². The number of carbonyl (C=O) groups excluding carboxylic acids is 1. The van der Waals surface area contributed by atoms with Gasteiger partial charge in [0.2, 0.25) is 11.0 Å². The van der Waals surface area contributed by atoms with Crippen molar-refractivity contribution in [2.75, 3.05) is 22.9 Å². The Kier molecular flexibility index (Phi) is 6.41. The van der Waals surface area contributed by atoms with Gasteiger partial charge in [-0.3, -0.25) is 4.79 Å². The van der Waals surface area contributed by atoms with Gasteiger partial charge in [-0.25, -0.2) is 4.98 Å². The number of amides is 1. The quantitative estimate of drug-likeness (QED) is 0.584. The van der Waals surface area contributed by atoms with Crippen molar-refractivity contribution in [3.05, 3.63) is 23.5 Å². The lowest BCUT2D eigenvalue weighted by Gasteiger charge is -2.05. The van der Waals surface area contributed by atoms with Crippen molar-refractivity contribution < 1.29 is 4.79 Å². The van der Waals surface area contributed by atoms with Crippen LogP contribution in [0.25, 0.3) is 0 Å². The summed E-state index contributed by atoms with van der Waals surface area (Å²) in [5, 5.41) is 15.0. The first kappa shape index (κ1) is 17.0. The lowest BCUT2D eigenvalue weighted by Crippen LogP contribution is -2.14. The zero-order valence-electron chi connectivity index (χ0n) is 12.2. The first-order valence-corrected chi connectivity index (χ1v) is 8.83. The third-order valence-corrected chi connectivity index (χ3v) is 4.74. The van der Waals surface area contributed by atoms with Gasteiger partial charge >= 0.3 is 0 Å². The summed E-state index contributed by atoms with van der Waals surface area (Å²) in [5.74, 6) is 0.617. The molecule has 0 saturated heterocycles. The molecule has 0 aliphatic heterocycles. The number of thioether (sulfide) groups is 1. The molecular weight excluding hydrogens is 342 g/mol. The fourth-order valence-electron chi connectivity index (χ4n) is 1.42. The van der Waals surface area contributed by atoms with Gasteiger partial charge in [-0.1, -0.05) is 48.5 Å². The Morgan fingerprint density at radius 3 is 3.00 bits per heavy atom. The molecule has 2 aromatic heterocycles. The Morgan fingerprint density at radius 2 is 2.27 bits per heavy atom. The summed E-state index contributed by atoms with van der Waals surface area (Å²) < 4.78 is 0.749. The molecule has 0 aromatic carbocycles. The van der Waals surface area contributed by atoms with Crippen LogP contribution in [0.15, 0.2) is 22.7 Å². The highest BCUT2D eigenvalue weighted by Gasteiger charge is 2.10. The van der Waals surface area contributed by atoms with E-state index >= 15 is 0 Å². The normalized spacial score (nSPS) is 10.7. The van der Waals surface area contributed by atoms with E-state index in [1.54, 1.807) is 18.3 Å². The number of nitrogens with zero attached hydrogens (tertiary/aromatic N) is 3. The summed E-state index contributed by atoms with van der Waals surface area (Å²) in [6.07, 6.45) is 1.57. The lowest BCUT2D eigenvalue weighted by atomic mass is 10.2. The molecule has 2 heterocycles. The minimum absolute atomic E-state index is 0.160. The van der Waals surface area contributed by atoms with Crippen LogP contribution in [0.4, 0.5) is 10.8 Å². The molecule has 0 aliphatic carbocycles. The second-order valence-electron chi connectivity index (χ2n) is 4.83. The first-order valence-electron chi connectivity index (χ1n) is 6.65. The maximum atomic E-state index is 11.9. The number of hydrogen-bond acceptors (Lipinski definition) is 7. The second-order valence-corrected chi connectivity index (χ2v) is 7.38. The highest BCUT2D eigenvalue weighted by Crippen LogP contribution is 2.26. The molecule has 0 fully saturated rings. The van der Waals surface area contributed by atoms with Crippen molar-refractivity contribution in [1.82, 2.24) is 15.2 Å². The molecule has 0 unspecified atom stereocenters. The van der Waals surface area contributed by atoms with Gasteiger partial charge in [0, 0.05) is 12.7 Å². The Bertz CT molecular complexity index is 634. The largest absolute Gasteiger partial charge is 0.360 e. The maximum absolute atomic E-state index is 11.9. The van der Waals surface area contributed by atoms with E-state index in [0.29, 0.717) is 11.6 Å². The highest BCUT2D eigenvalue weighted by molar-refractivity contribution is 8.01. The second kappa shape index (κ2) is 8.30. The fraction of sp³-hybridized carbons (Fsp3) is 0.385. The molecule has 22 heavy (non-hydrogen) atoms. The van der Waals surface area contributed by atoms with E-state index in [2.05, 4.69) is 39.7 Å². The van der Waals surface area contributed by atoms with Crippen LogP contribution in [0.3, 0.4) is 0 Å². The SMILES string of the molecule is CC(C)CNc1nnc(SCC(=O)Nc2cccnc2Cl)s1. The molecule has 2 rings (SSSR count). The number of pyridine rings is 1. The van der Waals surface area contributed by atoms with Gasteiger partial charge in [-0.2, -0.15) is 0 Å². The van der Waals surface area contributed by atoms with E-state index in [-0.39, 0.29) is 16.8 Å². The average Bonchev–Trinajstić information content (AvgIpc) is 2.93. The smallest absolute Gasteiger partial charge is 0.234 e. The Labute approximate surface area is 142 Å². The minimum atomic E-state index is -0.160. The molecule has 118 valence electrons. The molecule has 0 radical (unpaired) electrons. The molecule has 0 saturated carbocycles. The first-order chi connectivity index (χ1) is 10.5. The van der Waals surface area contributed by atoms with Gasteiger partial charge < -0.3 is 10.6 Å². The van der Waals surface area contributed by atoms with Gasteiger partial charge in [0.25, 0.3) is 0 Å². The fourth-order valence-corrected chi connectivity index (χ4v) is 3.15. The zero-order chi connectivity index (χ0) is 15.9. The molecule has 0 atom stereocenters. The van der Waals surface area contributed by atoms with Crippen LogP contribution in [-0.4, -0.2) is 33.4 Å². The number of anilines is 2. The van der Waals surface area contributed by atoms with Crippen LogP contribution in [0.5, 0.6) is 0 Å². The predicted molar refractivity (Wildman–Crippen MR) is 91.8 cm³/mol. The van der Waals surface area contributed by atoms with Crippen molar-refractivity contribution in [3.63, 3.8) is 0 Å². The van der Waals surface area contributed by atoms with E-state index < -0.39 is 0 Å². The van der Waals surface area contributed by atoms with Crippen molar-refractivity contribution in [2.24, 2.45) is 5.92 Å². The Hall–Kier alpha value is -1.38. The minimum Gasteiger partial charge on any atom is -0.360 e. The topological polar surface area (TPSA) is 79.8 Å². The van der Waals surface area contributed by atoms with E-state index in [4.69, 9.17) is 11.6 Å². The summed E-state index contributed by atoms with van der Waals surface area (Å²) in [4.78, 5) is 15.8. The van der Waals surface area contributed by atoms with Crippen molar-refractivity contribution in [1.29, 1.82) is 0 Å².